The number of rotatable bonds is 5. The highest BCUT2D eigenvalue weighted by molar-refractivity contribution is 6.45. The Kier molecular flexibility index (Phi) is 5.38. The number of nitrogens with one attached hydrogen (secondary N) is 1. The molecule has 0 radical (unpaired) electrons. The lowest BCUT2D eigenvalue weighted by atomic mass is 9.78. The summed E-state index contributed by atoms with van der Waals surface area (Å²) in [7, 11) is 0. The molecule has 0 aromatic carbocycles. The molecule has 0 aromatic heterocycles. The van der Waals surface area contributed by atoms with E-state index in [0.29, 0.717) is 18.3 Å². The number of carbonyl (C=O) groups excluding carboxylic acids is 4. The lowest BCUT2D eigenvalue weighted by Gasteiger charge is -2.34. The first-order valence-electron chi connectivity index (χ1n) is 8.33. The van der Waals surface area contributed by atoms with Crippen molar-refractivity contribution in [2.45, 2.75) is 52.5 Å². The molecule has 0 bridgehead atoms. The molecule has 2 rings (SSSR count). The lowest BCUT2D eigenvalue weighted by molar-refractivity contribution is -0.144. The average molecular weight is 323 g/mol. The van der Waals surface area contributed by atoms with Crippen LogP contribution in [-0.2, 0) is 14.4 Å². The maximum Gasteiger partial charge on any atom is 0.334 e. The van der Waals surface area contributed by atoms with Crippen LogP contribution in [0.5, 0.6) is 0 Å². The minimum Gasteiger partial charge on any atom is -0.352 e. The molecule has 0 unspecified atom stereocenters. The standard InChI is InChI=1S/C16H25N3O4/c1-4-8-18-14(21)15(22)19(16(18)23)9-13(20)17-12-7-5-6-10(2)11(12)3/h10-12H,4-9H2,1-3H3,(H,17,20)/t10-,11-,12+/m0/s1. The van der Waals surface area contributed by atoms with E-state index in [1.54, 1.807) is 0 Å². The van der Waals surface area contributed by atoms with Crippen LogP contribution in [0.15, 0.2) is 0 Å². The van der Waals surface area contributed by atoms with Gasteiger partial charge in [0.25, 0.3) is 0 Å². The number of urea groups is 1. The first-order chi connectivity index (χ1) is 10.9. The highest BCUT2D eigenvalue weighted by atomic mass is 16.2. The number of nitrogens with zero attached hydrogens (tertiary/aromatic N) is 2. The third kappa shape index (κ3) is 3.54. The van der Waals surface area contributed by atoms with Gasteiger partial charge >= 0.3 is 17.8 Å². The van der Waals surface area contributed by atoms with Crippen LogP contribution >= 0.6 is 0 Å². The fourth-order valence-corrected chi connectivity index (χ4v) is 3.29. The van der Waals surface area contributed by atoms with Gasteiger partial charge in [-0.25, -0.2) is 9.69 Å². The molecule has 0 spiro atoms. The van der Waals surface area contributed by atoms with E-state index in [0.717, 1.165) is 29.1 Å². The van der Waals surface area contributed by atoms with Crippen LogP contribution in [0.1, 0.15) is 46.5 Å². The highest BCUT2D eigenvalue weighted by Gasteiger charge is 2.44. The lowest BCUT2D eigenvalue weighted by Crippen LogP contribution is -2.48. The zero-order valence-electron chi connectivity index (χ0n) is 14.0. The zero-order valence-corrected chi connectivity index (χ0v) is 14.0. The number of imide groups is 2. The monoisotopic (exact) mass is 323 g/mol. The topological polar surface area (TPSA) is 86.8 Å². The Morgan fingerprint density at radius 3 is 2.43 bits per heavy atom. The molecule has 5 amide bonds. The minimum atomic E-state index is -0.913. The molecule has 1 aliphatic heterocycles. The summed E-state index contributed by atoms with van der Waals surface area (Å²) in [5, 5.41) is 2.91. The maximum atomic E-state index is 12.2. The molecule has 7 nitrogen and oxygen atoms in total. The fraction of sp³-hybridized carbons (Fsp3) is 0.750. The number of hydrogen-bond acceptors (Lipinski definition) is 4. The molecular weight excluding hydrogens is 298 g/mol. The van der Waals surface area contributed by atoms with Gasteiger partial charge in [0.2, 0.25) is 5.91 Å². The molecule has 7 heteroatoms. The summed E-state index contributed by atoms with van der Waals surface area (Å²) in [6, 6.07) is -0.636. The molecule has 128 valence electrons. The molecule has 2 aliphatic rings. The Hall–Kier alpha value is -1.92. The molecule has 1 N–H and O–H groups in total. The molecule has 3 atom stereocenters. The Morgan fingerprint density at radius 1 is 1.13 bits per heavy atom. The third-order valence-corrected chi connectivity index (χ3v) is 4.94. The van der Waals surface area contributed by atoms with E-state index in [-0.39, 0.29) is 25.0 Å². The Balaban J connectivity index is 1.96. The van der Waals surface area contributed by atoms with Crippen molar-refractivity contribution < 1.29 is 19.2 Å². The van der Waals surface area contributed by atoms with Gasteiger partial charge in [-0.1, -0.05) is 33.6 Å². The smallest absolute Gasteiger partial charge is 0.334 e. The van der Waals surface area contributed by atoms with Crippen molar-refractivity contribution in [2.75, 3.05) is 13.1 Å². The first kappa shape index (κ1) is 17.4. The molecule has 1 heterocycles. The van der Waals surface area contributed by atoms with Crippen LogP contribution in [-0.4, -0.2) is 52.7 Å². The highest BCUT2D eigenvalue weighted by Crippen LogP contribution is 2.29. The van der Waals surface area contributed by atoms with Crippen molar-refractivity contribution >= 4 is 23.8 Å². The van der Waals surface area contributed by atoms with Crippen LogP contribution in [0.3, 0.4) is 0 Å². The largest absolute Gasteiger partial charge is 0.352 e. The van der Waals surface area contributed by atoms with Crippen LogP contribution in [0, 0.1) is 11.8 Å². The second-order valence-electron chi connectivity index (χ2n) is 6.57. The van der Waals surface area contributed by atoms with Crippen molar-refractivity contribution in [3.8, 4) is 0 Å². The molecule has 1 saturated carbocycles. The molecule has 23 heavy (non-hydrogen) atoms. The SMILES string of the molecule is CCCN1C(=O)C(=O)N(CC(=O)N[C@@H]2CCC[C@H](C)[C@@H]2C)C1=O. The summed E-state index contributed by atoms with van der Waals surface area (Å²) >= 11 is 0. The van der Waals surface area contributed by atoms with E-state index >= 15 is 0 Å². The first-order valence-corrected chi connectivity index (χ1v) is 8.33. The summed E-state index contributed by atoms with van der Waals surface area (Å²) < 4.78 is 0. The van der Waals surface area contributed by atoms with E-state index in [1.165, 1.54) is 0 Å². The van der Waals surface area contributed by atoms with Gasteiger partial charge in [-0.05, 0) is 24.7 Å². The summed E-state index contributed by atoms with van der Waals surface area (Å²) in [5.41, 5.74) is 0. The van der Waals surface area contributed by atoms with Gasteiger partial charge in [-0.2, -0.15) is 0 Å². The second-order valence-corrected chi connectivity index (χ2v) is 6.57. The van der Waals surface area contributed by atoms with E-state index in [1.807, 2.05) is 6.92 Å². The van der Waals surface area contributed by atoms with Crippen LogP contribution < -0.4 is 5.32 Å². The van der Waals surface area contributed by atoms with Gasteiger partial charge in [0, 0.05) is 12.6 Å². The predicted molar refractivity (Wildman–Crippen MR) is 83.2 cm³/mol. The average Bonchev–Trinajstić information content (AvgIpc) is 2.70. The van der Waals surface area contributed by atoms with Gasteiger partial charge < -0.3 is 5.32 Å². The van der Waals surface area contributed by atoms with E-state index in [2.05, 4.69) is 19.2 Å². The molecule has 2 fully saturated rings. The van der Waals surface area contributed by atoms with Crippen molar-refractivity contribution in [3.05, 3.63) is 0 Å². The van der Waals surface area contributed by atoms with Crippen molar-refractivity contribution in [2.24, 2.45) is 11.8 Å². The fourth-order valence-electron chi connectivity index (χ4n) is 3.29. The Labute approximate surface area is 136 Å². The number of amides is 5. The van der Waals surface area contributed by atoms with Gasteiger partial charge in [0.05, 0.1) is 0 Å². The Bertz CT molecular complexity index is 519. The summed E-state index contributed by atoms with van der Waals surface area (Å²) in [6.07, 6.45) is 3.68. The Morgan fingerprint density at radius 2 is 1.78 bits per heavy atom. The van der Waals surface area contributed by atoms with Crippen molar-refractivity contribution in [1.82, 2.24) is 15.1 Å². The maximum absolute atomic E-state index is 12.2. The molecule has 0 aromatic rings. The molecule has 1 saturated heterocycles. The third-order valence-electron chi connectivity index (χ3n) is 4.94. The van der Waals surface area contributed by atoms with Gasteiger partial charge in [0.1, 0.15) is 6.54 Å². The summed E-state index contributed by atoms with van der Waals surface area (Å²) in [4.78, 5) is 49.6. The van der Waals surface area contributed by atoms with E-state index < -0.39 is 17.8 Å². The molecular formula is C16H25N3O4. The molecule has 1 aliphatic carbocycles. The zero-order chi connectivity index (χ0) is 17.1. The van der Waals surface area contributed by atoms with Crippen molar-refractivity contribution in [1.29, 1.82) is 0 Å². The van der Waals surface area contributed by atoms with Gasteiger partial charge in [-0.3, -0.25) is 19.3 Å². The van der Waals surface area contributed by atoms with E-state index in [9.17, 15) is 19.2 Å². The number of hydrogen-bond donors (Lipinski definition) is 1. The van der Waals surface area contributed by atoms with Gasteiger partial charge in [0.15, 0.2) is 0 Å². The predicted octanol–water partition coefficient (Wildman–Crippen LogP) is 1.13. The van der Waals surface area contributed by atoms with Crippen molar-refractivity contribution in [3.63, 3.8) is 0 Å². The van der Waals surface area contributed by atoms with Crippen LogP contribution in [0.25, 0.3) is 0 Å². The van der Waals surface area contributed by atoms with Gasteiger partial charge in [-0.15, -0.1) is 0 Å². The summed E-state index contributed by atoms with van der Waals surface area (Å²) in [6.45, 7) is 5.89. The second kappa shape index (κ2) is 7.10. The van der Waals surface area contributed by atoms with Crippen LogP contribution in [0.4, 0.5) is 4.79 Å². The minimum absolute atomic E-state index is 0.0569. The number of carbonyl (C=O) groups is 4. The van der Waals surface area contributed by atoms with Crippen LogP contribution in [0.2, 0.25) is 0 Å². The normalized spacial score (nSPS) is 28.5. The summed E-state index contributed by atoms with van der Waals surface area (Å²) in [5.74, 6) is -1.25. The quantitative estimate of drug-likeness (QED) is 0.607. The van der Waals surface area contributed by atoms with E-state index in [4.69, 9.17) is 0 Å².